The van der Waals surface area contributed by atoms with Crippen LogP contribution in [0.2, 0.25) is 0 Å². The Morgan fingerprint density at radius 2 is 2.27 bits per heavy atom. The predicted octanol–water partition coefficient (Wildman–Crippen LogP) is 1.05. The Bertz CT molecular complexity index is 336. The number of aryl methyl sites for hydroxylation is 2. The first kappa shape index (κ1) is 11.9. The van der Waals surface area contributed by atoms with Crippen LogP contribution >= 0.6 is 0 Å². The Balaban J connectivity index is 2.38. The second-order valence-electron chi connectivity index (χ2n) is 4.65. The van der Waals surface area contributed by atoms with Crippen LogP contribution in [-0.2, 0) is 18.3 Å². The quantitative estimate of drug-likeness (QED) is 0.788. The van der Waals surface area contributed by atoms with Crippen molar-refractivity contribution in [3.8, 4) is 0 Å². The number of Topliss-reactive ketones (excluding diaryl/α,β-unsaturated/α-hetero) is 1. The Kier molecular flexibility index (Phi) is 3.63. The van der Waals surface area contributed by atoms with E-state index in [1.807, 2.05) is 27.0 Å². The maximum absolute atomic E-state index is 11.6. The van der Waals surface area contributed by atoms with E-state index in [-0.39, 0.29) is 5.78 Å². The molecule has 1 aromatic rings. The molecule has 0 fully saturated rings. The summed E-state index contributed by atoms with van der Waals surface area (Å²) in [6.45, 7) is 3.74. The summed E-state index contributed by atoms with van der Waals surface area (Å²) in [5.41, 5.74) is 6.46. The van der Waals surface area contributed by atoms with Crippen molar-refractivity contribution in [3.63, 3.8) is 0 Å². The van der Waals surface area contributed by atoms with Gasteiger partial charge in [0, 0.05) is 37.3 Å². The molecule has 1 aromatic heterocycles. The highest BCUT2D eigenvalue weighted by atomic mass is 16.1. The molecule has 0 saturated carbocycles. The predicted molar refractivity (Wildman–Crippen MR) is 59.4 cm³/mol. The van der Waals surface area contributed by atoms with Gasteiger partial charge < -0.3 is 5.73 Å². The highest BCUT2D eigenvalue weighted by molar-refractivity contribution is 5.79. The highest BCUT2D eigenvalue weighted by Crippen LogP contribution is 2.09. The van der Waals surface area contributed by atoms with Crippen molar-refractivity contribution in [2.45, 2.75) is 38.6 Å². The van der Waals surface area contributed by atoms with Gasteiger partial charge in [-0.15, -0.1) is 0 Å². The average Bonchev–Trinajstić information content (AvgIpc) is 2.44. The highest BCUT2D eigenvalue weighted by Gasteiger charge is 2.16. The fourth-order valence-electron chi connectivity index (χ4n) is 1.51. The molecule has 84 valence electrons. The van der Waals surface area contributed by atoms with Crippen molar-refractivity contribution in [1.82, 2.24) is 9.78 Å². The molecular formula is C11H19N3O. The van der Waals surface area contributed by atoms with Gasteiger partial charge in [0.1, 0.15) is 5.78 Å². The number of ketones is 1. The van der Waals surface area contributed by atoms with Crippen molar-refractivity contribution >= 4 is 5.78 Å². The molecule has 0 amide bonds. The number of rotatable bonds is 5. The largest absolute Gasteiger partial charge is 0.325 e. The molecule has 1 rings (SSSR count). The Morgan fingerprint density at radius 3 is 2.73 bits per heavy atom. The lowest BCUT2D eigenvalue weighted by Crippen LogP contribution is -2.34. The van der Waals surface area contributed by atoms with E-state index in [1.54, 1.807) is 10.9 Å². The molecule has 0 spiro atoms. The summed E-state index contributed by atoms with van der Waals surface area (Å²) in [6, 6.07) is 1.93. The van der Waals surface area contributed by atoms with Crippen LogP contribution in [0, 0.1) is 0 Å². The molecule has 0 aliphatic rings. The fraction of sp³-hybridized carbons (Fsp3) is 0.636. The van der Waals surface area contributed by atoms with E-state index in [0.29, 0.717) is 12.8 Å². The lowest BCUT2D eigenvalue weighted by atomic mass is 9.97. The van der Waals surface area contributed by atoms with Crippen molar-refractivity contribution in [2.75, 3.05) is 0 Å². The number of aromatic nitrogens is 2. The molecule has 4 heteroatoms. The average molecular weight is 209 g/mol. The van der Waals surface area contributed by atoms with Crippen LogP contribution in [0.15, 0.2) is 12.3 Å². The van der Waals surface area contributed by atoms with Crippen LogP contribution in [0.5, 0.6) is 0 Å². The van der Waals surface area contributed by atoms with Gasteiger partial charge in [0.25, 0.3) is 0 Å². The van der Waals surface area contributed by atoms with Crippen LogP contribution in [0.1, 0.15) is 32.4 Å². The Hall–Kier alpha value is -1.16. The first-order chi connectivity index (χ1) is 6.88. The molecule has 0 aromatic carbocycles. The monoisotopic (exact) mass is 209 g/mol. The van der Waals surface area contributed by atoms with E-state index in [1.165, 1.54) is 0 Å². The van der Waals surface area contributed by atoms with Gasteiger partial charge in [0.2, 0.25) is 0 Å². The normalized spacial score (nSPS) is 11.7. The minimum Gasteiger partial charge on any atom is -0.325 e. The van der Waals surface area contributed by atoms with Crippen molar-refractivity contribution in [1.29, 1.82) is 0 Å². The number of hydrogen-bond acceptors (Lipinski definition) is 3. The topological polar surface area (TPSA) is 60.9 Å². The summed E-state index contributed by atoms with van der Waals surface area (Å²) in [7, 11) is 1.88. The molecular weight excluding hydrogens is 190 g/mol. The van der Waals surface area contributed by atoms with Crippen LogP contribution in [-0.4, -0.2) is 21.1 Å². The standard InChI is InChI=1S/C11H19N3O/c1-11(2,12)8-10(15)5-4-9-6-7-13-14(9)3/h6-7H,4-5,8,12H2,1-3H3. The van der Waals surface area contributed by atoms with Crippen LogP contribution in [0.4, 0.5) is 0 Å². The Labute approximate surface area is 90.5 Å². The Morgan fingerprint density at radius 1 is 1.60 bits per heavy atom. The lowest BCUT2D eigenvalue weighted by Gasteiger charge is -2.16. The SMILES string of the molecule is Cn1nccc1CCC(=O)CC(C)(C)N. The van der Waals surface area contributed by atoms with Gasteiger partial charge in [-0.05, 0) is 26.3 Å². The molecule has 0 bridgehead atoms. The van der Waals surface area contributed by atoms with Gasteiger partial charge in [0.05, 0.1) is 0 Å². The third-order valence-electron chi connectivity index (χ3n) is 2.24. The molecule has 0 unspecified atom stereocenters. The molecule has 0 atom stereocenters. The molecule has 0 aliphatic carbocycles. The summed E-state index contributed by atoms with van der Waals surface area (Å²) in [6.07, 6.45) is 3.46. The summed E-state index contributed by atoms with van der Waals surface area (Å²) < 4.78 is 1.79. The van der Waals surface area contributed by atoms with Gasteiger partial charge >= 0.3 is 0 Å². The number of nitrogens with zero attached hydrogens (tertiary/aromatic N) is 2. The summed E-state index contributed by atoms with van der Waals surface area (Å²) in [5, 5.41) is 4.05. The first-order valence-corrected chi connectivity index (χ1v) is 5.16. The van der Waals surface area contributed by atoms with Gasteiger partial charge in [-0.3, -0.25) is 9.48 Å². The van der Waals surface area contributed by atoms with E-state index in [9.17, 15) is 4.79 Å². The van der Waals surface area contributed by atoms with E-state index in [4.69, 9.17) is 5.73 Å². The molecule has 1 heterocycles. The third-order valence-corrected chi connectivity index (χ3v) is 2.24. The fourth-order valence-corrected chi connectivity index (χ4v) is 1.51. The number of carbonyl (C=O) groups excluding carboxylic acids is 1. The second kappa shape index (κ2) is 4.57. The zero-order valence-electron chi connectivity index (χ0n) is 9.66. The molecule has 2 N–H and O–H groups in total. The minimum atomic E-state index is -0.399. The smallest absolute Gasteiger partial charge is 0.135 e. The van der Waals surface area contributed by atoms with Crippen molar-refractivity contribution in [2.24, 2.45) is 12.8 Å². The van der Waals surface area contributed by atoms with Crippen LogP contribution < -0.4 is 5.73 Å². The maximum Gasteiger partial charge on any atom is 0.135 e. The summed E-state index contributed by atoms with van der Waals surface area (Å²) in [5.74, 6) is 0.212. The third kappa shape index (κ3) is 4.25. The van der Waals surface area contributed by atoms with E-state index in [0.717, 1.165) is 12.1 Å². The maximum atomic E-state index is 11.6. The molecule has 0 saturated heterocycles. The van der Waals surface area contributed by atoms with E-state index < -0.39 is 5.54 Å². The first-order valence-electron chi connectivity index (χ1n) is 5.16. The zero-order valence-corrected chi connectivity index (χ0v) is 9.66. The zero-order chi connectivity index (χ0) is 11.5. The second-order valence-corrected chi connectivity index (χ2v) is 4.65. The van der Waals surface area contributed by atoms with E-state index >= 15 is 0 Å². The number of carbonyl (C=O) groups is 1. The van der Waals surface area contributed by atoms with Gasteiger partial charge in [0.15, 0.2) is 0 Å². The number of nitrogens with two attached hydrogens (primary N) is 1. The summed E-state index contributed by atoms with van der Waals surface area (Å²) in [4.78, 5) is 11.6. The lowest BCUT2D eigenvalue weighted by molar-refractivity contribution is -0.119. The number of hydrogen-bond donors (Lipinski definition) is 1. The van der Waals surface area contributed by atoms with Crippen molar-refractivity contribution < 1.29 is 4.79 Å². The van der Waals surface area contributed by atoms with Crippen LogP contribution in [0.3, 0.4) is 0 Å². The molecule has 0 radical (unpaired) electrons. The molecule has 15 heavy (non-hydrogen) atoms. The van der Waals surface area contributed by atoms with Crippen LogP contribution in [0.25, 0.3) is 0 Å². The van der Waals surface area contributed by atoms with E-state index in [2.05, 4.69) is 5.10 Å². The minimum absolute atomic E-state index is 0.212. The van der Waals surface area contributed by atoms with Gasteiger partial charge in [-0.2, -0.15) is 5.10 Å². The van der Waals surface area contributed by atoms with Gasteiger partial charge in [-0.25, -0.2) is 0 Å². The molecule has 0 aliphatic heterocycles. The van der Waals surface area contributed by atoms with Gasteiger partial charge in [-0.1, -0.05) is 0 Å². The van der Waals surface area contributed by atoms with Crippen molar-refractivity contribution in [3.05, 3.63) is 18.0 Å². The molecule has 4 nitrogen and oxygen atoms in total. The summed E-state index contributed by atoms with van der Waals surface area (Å²) >= 11 is 0.